The maximum Gasteiger partial charge on any atom is 0.261 e. The molecule has 5 rings (SSSR count). The molecule has 1 aromatic carbocycles. The molecule has 0 amide bonds. The van der Waals surface area contributed by atoms with Crippen LogP contribution in [-0.4, -0.2) is 28.7 Å². The predicted octanol–water partition coefficient (Wildman–Crippen LogP) is 4.11. The summed E-state index contributed by atoms with van der Waals surface area (Å²) >= 11 is 10.7. The Labute approximate surface area is 197 Å². The van der Waals surface area contributed by atoms with Gasteiger partial charge in [-0.05, 0) is 49.1 Å². The van der Waals surface area contributed by atoms with Crippen molar-refractivity contribution >= 4 is 35.5 Å². The lowest BCUT2D eigenvalue weighted by Crippen LogP contribution is -2.21. The van der Waals surface area contributed by atoms with Crippen molar-refractivity contribution in [3.05, 3.63) is 84.6 Å². The van der Waals surface area contributed by atoms with Crippen LogP contribution in [0.4, 0.5) is 0 Å². The highest BCUT2D eigenvalue weighted by molar-refractivity contribution is 7.71. The Morgan fingerprint density at radius 3 is 2.06 bits per heavy atom. The van der Waals surface area contributed by atoms with Crippen LogP contribution in [0, 0.1) is 16.5 Å². The van der Waals surface area contributed by atoms with E-state index in [0.717, 1.165) is 11.1 Å². The minimum atomic E-state index is -0.388. The zero-order valence-electron chi connectivity index (χ0n) is 18.1. The molecule has 3 N–H and O–H groups in total. The highest BCUT2D eigenvalue weighted by atomic mass is 32.1. The molecule has 0 spiro atoms. The Morgan fingerprint density at radius 2 is 1.39 bits per heavy atom. The summed E-state index contributed by atoms with van der Waals surface area (Å²) in [6, 6.07) is 11.6. The summed E-state index contributed by atoms with van der Waals surface area (Å²) in [6.45, 7) is 2.00. The average Bonchev–Trinajstić information content (AvgIpc) is 3.43. The SMILES string of the molecule is Cc1ccc(-c2[nH]c3c(c2-c2c(-n4cccc4)n(C)c(=S)[nH]c2=O)c(=O)[nH]c(=S)n3C)cc1. The van der Waals surface area contributed by atoms with Crippen LogP contribution in [0.25, 0.3) is 39.2 Å². The van der Waals surface area contributed by atoms with Crippen LogP contribution in [-0.2, 0) is 14.1 Å². The fraction of sp³-hybridized carbons (Fsp3) is 0.130. The van der Waals surface area contributed by atoms with Gasteiger partial charge >= 0.3 is 0 Å². The Balaban J connectivity index is 2.05. The maximum atomic E-state index is 13.4. The number of aromatic amines is 3. The number of H-pyrrole nitrogens is 3. The second-order valence-corrected chi connectivity index (χ2v) is 8.66. The molecule has 33 heavy (non-hydrogen) atoms. The van der Waals surface area contributed by atoms with Gasteiger partial charge in [0.05, 0.1) is 16.6 Å². The Morgan fingerprint density at radius 1 is 0.788 bits per heavy atom. The number of benzene rings is 1. The summed E-state index contributed by atoms with van der Waals surface area (Å²) in [4.78, 5) is 35.5. The number of aromatic nitrogens is 6. The minimum Gasteiger partial charge on any atom is -0.340 e. The summed E-state index contributed by atoms with van der Waals surface area (Å²) in [5.41, 5.74) is 3.14. The highest BCUT2D eigenvalue weighted by Gasteiger charge is 2.26. The largest absolute Gasteiger partial charge is 0.340 e. The number of rotatable bonds is 3. The van der Waals surface area contributed by atoms with E-state index < -0.39 is 0 Å². The summed E-state index contributed by atoms with van der Waals surface area (Å²) in [5.74, 6) is 0.549. The molecule has 0 atom stereocenters. The first kappa shape index (κ1) is 21.1. The number of aryl methyl sites for hydroxylation is 2. The van der Waals surface area contributed by atoms with Gasteiger partial charge in [0.15, 0.2) is 9.54 Å². The summed E-state index contributed by atoms with van der Waals surface area (Å²) in [7, 11) is 3.55. The van der Waals surface area contributed by atoms with E-state index >= 15 is 0 Å². The molecule has 166 valence electrons. The van der Waals surface area contributed by atoms with E-state index in [4.69, 9.17) is 24.4 Å². The second kappa shape index (κ2) is 7.68. The van der Waals surface area contributed by atoms with E-state index in [1.807, 2.05) is 60.3 Å². The number of hydrogen-bond acceptors (Lipinski definition) is 4. The number of nitrogens with zero attached hydrogens (tertiary/aromatic N) is 3. The molecule has 0 saturated carbocycles. The van der Waals surface area contributed by atoms with Crippen LogP contribution < -0.4 is 11.1 Å². The molecule has 0 aliphatic carbocycles. The van der Waals surface area contributed by atoms with Crippen molar-refractivity contribution in [1.82, 2.24) is 28.7 Å². The van der Waals surface area contributed by atoms with Crippen LogP contribution in [0.2, 0.25) is 0 Å². The first-order valence-corrected chi connectivity index (χ1v) is 11.0. The molecule has 10 heteroatoms. The zero-order valence-corrected chi connectivity index (χ0v) is 19.7. The molecule has 0 radical (unpaired) electrons. The molecular weight excluding hydrogens is 456 g/mol. The number of nitrogens with one attached hydrogen (secondary N) is 3. The van der Waals surface area contributed by atoms with Crippen LogP contribution in [0.3, 0.4) is 0 Å². The van der Waals surface area contributed by atoms with Crippen molar-refractivity contribution in [1.29, 1.82) is 0 Å². The van der Waals surface area contributed by atoms with E-state index in [9.17, 15) is 9.59 Å². The topological polar surface area (TPSA) is 96.3 Å². The summed E-state index contributed by atoms with van der Waals surface area (Å²) < 4.78 is 5.78. The smallest absolute Gasteiger partial charge is 0.261 e. The van der Waals surface area contributed by atoms with Gasteiger partial charge in [0, 0.05) is 32.1 Å². The number of fused-ring (bicyclic) bond motifs is 1. The van der Waals surface area contributed by atoms with Gasteiger partial charge in [0.2, 0.25) is 0 Å². The van der Waals surface area contributed by atoms with Crippen LogP contribution >= 0.6 is 24.4 Å². The molecule has 0 bridgehead atoms. The fourth-order valence-electron chi connectivity index (χ4n) is 4.10. The summed E-state index contributed by atoms with van der Waals surface area (Å²) in [6.07, 6.45) is 3.66. The van der Waals surface area contributed by atoms with Crippen molar-refractivity contribution in [3.8, 4) is 28.2 Å². The standard InChI is InChI=1S/C23H20N6O2S2/c1-12-6-8-13(9-7-12)17-14(15-18(24-17)27(2)22(32)25-19(15)30)16-20(31)26-23(33)28(3)21(16)29-10-4-5-11-29/h4-11,24H,1-3H3,(H,25,30,32)(H,26,31,33). The molecule has 4 heterocycles. The lowest BCUT2D eigenvalue weighted by Gasteiger charge is -2.16. The van der Waals surface area contributed by atoms with Gasteiger partial charge in [0.25, 0.3) is 11.1 Å². The molecule has 0 aliphatic heterocycles. The van der Waals surface area contributed by atoms with Gasteiger partial charge in [-0.3, -0.25) is 19.6 Å². The van der Waals surface area contributed by atoms with Crippen LogP contribution in [0.1, 0.15) is 5.56 Å². The molecule has 4 aromatic heterocycles. The van der Waals surface area contributed by atoms with Gasteiger partial charge < -0.3 is 18.7 Å². The molecule has 8 nitrogen and oxygen atoms in total. The molecule has 0 saturated heterocycles. The maximum absolute atomic E-state index is 13.4. The zero-order chi connectivity index (χ0) is 23.4. The first-order chi connectivity index (χ1) is 15.8. The van der Waals surface area contributed by atoms with Gasteiger partial charge in [-0.15, -0.1) is 0 Å². The van der Waals surface area contributed by atoms with Crippen LogP contribution in [0.5, 0.6) is 0 Å². The molecule has 5 aromatic rings. The average molecular weight is 477 g/mol. The first-order valence-electron chi connectivity index (χ1n) is 10.2. The van der Waals surface area contributed by atoms with E-state index in [0.29, 0.717) is 33.7 Å². The third kappa shape index (κ3) is 3.26. The van der Waals surface area contributed by atoms with Gasteiger partial charge in [0.1, 0.15) is 11.5 Å². The van der Waals surface area contributed by atoms with E-state index in [1.54, 1.807) is 23.2 Å². The van der Waals surface area contributed by atoms with Crippen molar-refractivity contribution in [3.63, 3.8) is 0 Å². The highest BCUT2D eigenvalue weighted by Crippen LogP contribution is 2.37. The quantitative estimate of drug-likeness (QED) is 0.342. The number of hydrogen-bond donors (Lipinski definition) is 3. The van der Waals surface area contributed by atoms with Crippen molar-refractivity contribution in [2.45, 2.75) is 6.92 Å². The third-order valence-corrected chi connectivity index (χ3v) is 6.55. The summed E-state index contributed by atoms with van der Waals surface area (Å²) in [5, 5.41) is 0.345. The van der Waals surface area contributed by atoms with Crippen molar-refractivity contribution in [2.75, 3.05) is 0 Å². The third-order valence-electron chi connectivity index (χ3n) is 5.80. The van der Waals surface area contributed by atoms with Gasteiger partial charge in [-0.25, -0.2) is 0 Å². The lowest BCUT2D eigenvalue weighted by molar-refractivity contribution is 0.780. The fourth-order valence-corrected chi connectivity index (χ4v) is 4.47. The molecule has 0 aliphatic rings. The van der Waals surface area contributed by atoms with E-state index in [1.165, 1.54) is 0 Å². The predicted molar refractivity (Wildman–Crippen MR) is 134 cm³/mol. The van der Waals surface area contributed by atoms with Crippen LogP contribution in [0.15, 0.2) is 58.4 Å². The molecule has 0 unspecified atom stereocenters. The normalized spacial score (nSPS) is 11.4. The molecular formula is C23H20N6O2S2. The van der Waals surface area contributed by atoms with Crippen molar-refractivity contribution < 1.29 is 0 Å². The Hall–Kier alpha value is -3.76. The lowest BCUT2D eigenvalue weighted by atomic mass is 9.99. The Kier molecular flexibility index (Phi) is 4.91. The van der Waals surface area contributed by atoms with E-state index in [2.05, 4.69) is 15.0 Å². The second-order valence-electron chi connectivity index (χ2n) is 7.89. The molecule has 0 fully saturated rings. The van der Waals surface area contributed by atoms with E-state index in [-0.39, 0.29) is 20.7 Å². The Bertz CT molecular complexity index is 1760. The van der Waals surface area contributed by atoms with Gasteiger partial charge in [-0.2, -0.15) is 0 Å². The monoisotopic (exact) mass is 476 g/mol. The van der Waals surface area contributed by atoms with Crippen molar-refractivity contribution in [2.24, 2.45) is 14.1 Å². The van der Waals surface area contributed by atoms with Gasteiger partial charge in [-0.1, -0.05) is 29.8 Å². The minimum absolute atomic E-state index is 0.275.